The summed E-state index contributed by atoms with van der Waals surface area (Å²) in [5, 5.41) is 0. The van der Waals surface area contributed by atoms with Crippen LogP contribution in [0.3, 0.4) is 0 Å². The minimum absolute atomic E-state index is 0.0254. The van der Waals surface area contributed by atoms with E-state index < -0.39 is 0 Å². The number of rotatable bonds is 5. The molecule has 4 nitrogen and oxygen atoms in total. The Bertz CT molecular complexity index is 528. The molecular weight excluding hydrogens is 238 g/mol. The van der Waals surface area contributed by atoms with Crippen molar-refractivity contribution >= 4 is 0 Å². The standard InChI is InChI=1S/C15H19N3O/c1-3-11-9-12(5-6-14(11)19-2)13(10-16)15-17-7-4-8-18-15/h4-9,13H,3,10,16H2,1-2H3. The SMILES string of the molecule is CCc1cc(C(CN)c2ncccn2)ccc1OC. The van der Waals surface area contributed by atoms with Gasteiger partial charge in [0.1, 0.15) is 11.6 Å². The van der Waals surface area contributed by atoms with Gasteiger partial charge in [0.2, 0.25) is 0 Å². The molecule has 4 heteroatoms. The van der Waals surface area contributed by atoms with Crippen molar-refractivity contribution in [1.82, 2.24) is 9.97 Å². The second-order valence-corrected chi connectivity index (χ2v) is 4.32. The number of nitrogens with zero attached hydrogens (tertiary/aromatic N) is 2. The Balaban J connectivity index is 2.39. The van der Waals surface area contributed by atoms with Gasteiger partial charge in [0.15, 0.2) is 0 Å². The third-order valence-electron chi connectivity index (χ3n) is 3.22. The number of ether oxygens (including phenoxy) is 1. The zero-order valence-corrected chi connectivity index (χ0v) is 11.3. The van der Waals surface area contributed by atoms with Gasteiger partial charge in [-0.1, -0.05) is 19.1 Å². The summed E-state index contributed by atoms with van der Waals surface area (Å²) in [6.07, 6.45) is 4.41. The summed E-state index contributed by atoms with van der Waals surface area (Å²) in [4.78, 5) is 8.60. The Morgan fingerprint density at radius 3 is 2.58 bits per heavy atom. The lowest BCUT2D eigenvalue weighted by Gasteiger charge is -2.16. The molecule has 19 heavy (non-hydrogen) atoms. The Kier molecular flexibility index (Phi) is 4.47. The first-order valence-electron chi connectivity index (χ1n) is 6.44. The predicted octanol–water partition coefficient (Wildman–Crippen LogP) is 2.14. The first kappa shape index (κ1) is 13.5. The number of aromatic nitrogens is 2. The summed E-state index contributed by atoms with van der Waals surface area (Å²) in [5.74, 6) is 1.70. The van der Waals surface area contributed by atoms with Crippen molar-refractivity contribution in [2.75, 3.05) is 13.7 Å². The molecule has 1 aromatic carbocycles. The molecule has 0 spiro atoms. The smallest absolute Gasteiger partial charge is 0.136 e. The highest BCUT2D eigenvalue weighted by molar-refractivity contribution is 5.40. The molecule has 0 bridgehead atoms. The van der Waals surface area contributed by atoms with Crippen LogP contribution in [0.4, 0.5) is 0 Å². The molecule has 100 valence electrons. The molecule has 0 aliphatic heterocycles. The van der Waals surface area contributed by atoms with Crippen LogP contribution in [0.15, 0.2) is 36.7 Å². The van der Waals surface area contributed by atoms with Gasteiger partial charge in [-0.25, -0.2) is 9.97 Å². The zero-order valence-electron chi connectivity index (χ0n) is 11.3. The number of hydrogen-bond donors (Lipinski definition) is 1. The molecule has 2 aromatic rings. The van der Waals surface area contributed by atoms with Crippen molar-refractivity contribution in [3.05, 3.63) is 53.6 Å². The number of aryl methyl sites for hydroxylation is 1. The molecule has 1 aromatic heterocycles. The van der Waals surface area contributed by atoms with Crippen LogP contribution in [-0.4, -0.2) is 23.6 Å². The van der Waals surface area contributed by atoms with Crippen molar-refractivity contribution in [1.29, 1.82) is 0 Å². The number of hydrogen-bond acceptors (Lipinski definition) is 4. The average Bonchev–Trinajstić information content (AvgIpc) is 2.49. The summed E-state index contributed by atoms with van der Waals surface area (Å²) < 4.78 is 5.35. The highest BCUT2D eigenvalue weighted by Crippen LogP contribution is 2.26. The number of benzene rings is 1. The molecule has 2 N–H and O–H groups in total. The quantitative estimate of drug-likeness (QED) is 0.891. The van der Waals surface area contributed by atoms with E-state index in [9.17, 15) is 0 Å². The van der Waals surface area contributed by atoms with Crippen LogP contribution in [-0.2, 0) is 6.42 Å². The van der Waals surface area contributed by atoms with Gasteiger partial charge in [0, 0.05) is 18.9 Å². The zero-order chi connectivity index (χ0) is 13.7. The third-order valence-corrected chi connectivity index (χ3v) is 3.22. The topological polar surface area (TPSA) is 61.0 Å². The van der Waals surface area contributed by atoms with Gasteiger partial charge in [0.25, 0.3) is 0 Å². The van der Waals surface area contributed by atoms with Crippen LogP contribution in [0.5, 0.6) is 5.75 Å². The Labute approximate surface area is 113 Å². The summed E-state index contributed by atoms with van der Waals surface area (Å²) >= 11 is 0. The molecule has 0 aliphatic rings. The summed E-state index contributed by atoms with van der Waals surface area (Å²) in [6.45, 7) is 2.59. The van der Waals surface area contributed by atoms with Gasteiger partial charge in [-0.2, -0.15) is 0 Å². The Morgan fingerprint density at radius 1 is 1.26 bits per heavy atom. The second-order valence-electron chi connectivity index (χ2n) is 4.32. The molecule has 1 heterocycles. The number of nitrogens with two attached hydrogens (primary N) is 1. The average molecular weight is 257 g/mol. The summed E-state index contributed by atoms with van der Waals surface area (Å²) in [5.41, 5.74) is 8.19. The van der Waals surface area contributed by atoms with E-state index in [1.54, 1.807) is 19.5 Å². The normalized spacial score (nSPS) is 12.2. The van der Waals surface area contributed by atoms with Crippen LogP contribution in [0.25, 0.3) is 0 Å². The monoisotopic (exact) mass is 257 g/mol. The van der Waals surface area contributed by atoms with Gasteiger partial charge < -0.3 is 10.5 Å². The molecule has 2 rings (SSSR count). The highest BCUT2D eigenvalue weighted by atomic mass is 16.5. The second kappa shape index (κ2) is 6.29. The van der Waals surface area contributed by atoms with Gasteiger partial charge in [-0.3, -0.25) is 0 Å². The van der Waals surface area contributed by atoms with Crippen molar-refractivity contribution in [3.8, 4) is 5.75 Å². The lowest BCUT2D eigenvalue weighted by Crippen LogP contribution is -2.16. The van der Waals surface area contributed by atoms with E-state index in [2.05, 4.69) is 23.0 Å². The first-order chi connectivity index (χ1) is 9.30. The lowest BCUT2D eigenvalue weighted by molar-refractivity contribution is 0.410. The van der Waals surface area contributed by atoms with E-state index in [4.69, 9.17) is 10.5 Å². The van der Waals surface area contributed by atoms with Crippen LogP contribution < -0.4 is 10.5 Å². The summed E-state index contributed by atoms with van der Waals surface area (Å²) in [7, 11) is 1.69. The van der Waals surface area contributed by atoms with Crippen molar-refractivity contribution < 1.29 is 4.74 Å². The molecule has 0 amide bonds. The highest BCUT2D eigenvalue weighted by Gasteiger charge is 2.16. The van der Waals surface area contributed by atoms with Crippen LogP contribution in [0.1, 0.15) is 29.8 Å². The van der Waals surface area contributed by atoms with Gasteiger partial charge in [-0.15, -0.1) is 0 Å². The predicted molar refractivity (Wildman–Crippen MR) is 75.3 cm³/mol. The van der Waals surface area contributed by atoms with E-state index in [-0.39, 0.29) is 5.92 Å². The molecule has 1 atom stereocenters. The lowest BCUT2D eigenvalue weighted by atomic mass is 9.95. The van der Waals surface area contributed by atoms with Gasteiger partial charge in [-0.05, 0) is 29.7 Å². The molecule has 0 saturated carbocycles. The molecular formula is C15H19N3O. The minimum Gasteiger partial charge on any atom is -0.496 e. The van der Waals surface area contributed by atoms with Gasteiger partial charge in [0.05, 0.1) is 13.0 Å². The largest absolute Gasteiger partial charge is 0.496 e. The first-order valence-corrected chi connectivity index (χ1v) is 6.44. The minimum atomic E-state index is 0.0254. The maximum absolute atomic E-state index is 5.89. The molecule has 0 radical (unpaired) electrons. The Hall–Kier alpha value is -1.94. The molecule has 1 unspecified atom stereocenters. The Morgan fingerprint density at radius 2 is 2.00 bits per heavy atom. The van der Waals surface area contributed by atoms with Crippen LogP contribution in [0, 0.1) is 0 Å². The fraction of sp³-hybridized carbons (Fsp3) is 0.333. The van der Waals surface area contributed by atoms with Crippen molar-refractivity contribution in [2.24, 2.45) is 5.73 Å². The molecule has 0 saturated heterocycles. The van der Waals surface area contributed by atoms with E-state index in [0.29, 0.717) is 6.54 Å². The summed E-state index contributed by atoms with van der Waals surface area (Å²) in [6, 6.07) is 7.96. The van der Waals surface area contributed by atoms with E-state index >= 15 is 0 Å². The van der Waals surface area contributed by atoms with E-state index in [1.807, 2.05) is 18.2 Å². The van der Waals surface area contributed by atoms with Crippen LogP contribution >= 0.6 is 0 Å². The van der Waals surface area contributed by atoms with Gasteiger partial charge >= 0.3 is 0 Å². The van der Waals surface area contributed by atoms with E-state index in [0.717, 1.165) is 23.6 Å². The third kappa shape index (κ3) is 2.90. The maximum atomic E-state index is 5.89. The van der Waals surface area contributed by atoms with Crippen LogP contribution in [0.2, 0.25) is 0 Å². The fourth-order valence-electron chi connectivity index (χ4n) is 2.17. The maximum Gasteiger partial charge on any atom is 0.136 e. The molecule has 0 fully saturated rings. The fourth-order valence-corrected chi connectivity index (χ4v) is 2.17. The van der Waals surface area contributed by atoms with E-state index in [1.165, 1.54) is 5.56 Å². The van der Waals surface area contributed by atoms with Crippen molar-refractivity contribution in [3.63, 3.8) is 0 Å². The number of methoxy groups -OCH3 is 1. The van der Waals surface area contributed by atoms with Crippen molar-refractivity contribution in [2.45, 2.75) is 19.3 Å². The molecule has 0 aliphatic carbocycles.